The Labute approximate surface area is 135 Å². The van der Waals surface area contributed by atoms with Gasteiger partial charge in [0.15, 0.2) is 6.39 Å². The number of likely N-dealkylation sites (tertiary alicyclic amines) is 2. The molecule has 1 aromatic heterocycles. The summed E-state index contributed by atoms with van der Waals surface area (Å²) in [5.74, 6) is 0.125. The second-order valence-electron chi connectivity index (χ2n) is 7.09. The molecule has 7 nitrogen and oxygen atoms in total. The van der Waals surface area contributed by atoms with Crippen LogP contribution in [-0.4, -0.2) is 63.5 Å². The van der Waals surface area contributed by atoms with Crippen molar-refractivity contribution in [3.8, 4) is 0 Å². The van der Waals surface area contributed by atoms with E-state index < -0.39 is 5.54 Å². The van der Waals surface area contributed by atoms with Gasteiger partial charge in [-0.2, -0.15) is 0 Å². The molecule has 0 aliphatic carbocycles. The van der Waals surface area contributed by atoms with E-state index in [-0.39, 0.29) is 29.6 Å². The maximum Gasteiger partial charge on any atom is 0.291 e. The summed E-state index contributed by atoms with van der Waals surface area (Å²) in [5.41, 5.74) is -0.510. The minimum absolute atomic E-state index is 0.00130. The highest BCUT2D eigenvalue weighted by molar-refractivity contribution is 5.91. The van der Waals surface area contributed by atoms with Gasteiger partial charge in [0, 0.05) is 26.6 Å². The Hall–Kier alpha value is -1.89. The zero-order valence-corrected chi connectivity index (χ0v) is 13.6. The molecule has 2 saturated heterocycles. The Balaban J connectivity index is 1.69. The molecule has 23 heavy (non-hydrogen) atoms. The fraction of sp³-hybridized carbons (Fsp3) is 0.688. The van der Waals surface area contributed by atoms with Crippen LogP contribution in [-0.2, 0) is 4.79 Å². The van der Waals surface area contributed by atoms with Crippen LogP contribution in [0.15, 0.2) is 17.0 Å². The highest BCUT2D eigenvalue weighted by Crippen LogP contribution is 2.48. The lowest BCUT2D eigenvalue weighted by molar-refractivity contribution is -0.134. The van der Waals surface area contributed by atoms with E-state index >= 15 is 0 Å². The first-order chi connectivity index (χ1) is 10.9. The Kier molecular flexibility index (Phi) is 3.91. The minimum atomic E-state index is -0.497. The van der Waals surface area contributed by atoms with Crippen molar-refractivity contribution in [3.63, 3.8) is 0 Å². The highest BCUT2D eigenvalue weighted by Gasteiger charge is 2.52. The number of hydrogen-bond acceptors (Lipinski definition) is 5. The summed E-state index contributed by atoms with van der Waals surface area (Å²) in [6.07, 6.45) is 5.12. The first kappa shape index (κ1) is 16.0. The molecule has 126 valence electrons. The van der Waals surface area contributed by atoms with Crippen molar-refractivity contribution < 1.29 is 19.1 Å². The molecule has 0 aromatic carbocycles. The molecule has 1 aromatic rings. The highest BCUT2D eigenvalue weighted by atomic mass is 16.3. The van der Waals surface area contributed by atoms with Gasteiger partial charge < -0.3 is 19.3 Å². The van der Waals surface area contributed by atoms with Crippen molar-refractivity contribution in [1.29, 1.82) is 0 Å². The van der Waals surface area contributed by atoms with Crippen molar-refractivity contribution in [2.24, 2.45) is 5.41 Å². The third-order valence-corrected chi connectivity index (χ3v) is 5.38. The van der Waals surface area contributed by atoms with E-state index in [0.717, 1.165) is 19.3 Å². The molecule has 0 bridgehead atoms. The SMILES string of the molecule is CC(=O)N1CC2(CCN(C(=O)c3cnco3)CC2)C[C@]1(C)CO. The largest absolute Gasteiger partial charge is 0.438 e. The molecule has 7 heteroatoms. The van der Waals surface area contributed by atoms with E-state index in [9.17, 15) is 14.7 Å². The number of oxazole rings is 1. The lowest BCUT2D eigenvalue weighted by atomic mass is 9.74. The molecular formula is C16H23N3O4. The smallest absolute Gasteiger partial charge is 0.291 e. The van der Waals surface area contributed by atoms with Crippen LogP contribution >= 0.6 is 0 Å². The van der Waals surface area contributed by atoms with Crippen molar-refractivity contribution in [2.75, 3.05) is 26.2 Å². The summed E-state index contributed by atoms with van der Waals surface area (Å²) in [5, 5.41) is 9.75. The van der Waals surface area contributed by atoms with Gasteiger partial charge in [0.05, 0.1) is 18.3 Å². The maximum absolute atomic E-state index is 12.3. The second-order valence-corrected chi connectivity index (χ2v) is 7.09. The molecule has 1 atom stereocenters. The van der Waals surface area contributed by atoms with Crippen LogP contribution in [0.1, 0.15) is 43.7 Å². The van der Waals surface area contributed by atoms with Crippen LogP contribution in [0.25, 0.3) is 0 Å². The number of carbonyl (C=O) groups is 2. The van der Waals surface area contributed by atoms with Crippen LogP contribution in [0, 0.1) is 5.41 Å². The molecule has 2 aliphatic rings. The van der Waals surface area contributed by atoms with Crippen LogP contribution in [0.4, 0.5) is 0 Å². The van der Waals surface area contributed by atoms with E-state index in [1.165, 1.54) is 12.6 Å². The first-order valence-electron chi connectivity index (χ1n) is 7.96. The standard InChI is InChI=1S/C16H23N3O4/c1-12(21)19-9-16(8-15(19,2)10-20)3-5-18(6-4-16)14(22)13-7-17-11-23-13/h7,11,20H,3-6,8-10H2,1-2H3/t15-/m1/s1. The van der Waals surface area contributed by atoms with Crippen molar-refractivity contribution >= 4 is 11.8 Å². The number of hydrogen-bond donors (Lipinski definition) is 1. The van der Waals surface area contributed by atoms with E-state index in [2.05, 4.69) is 4.98 Å². The van der Waals surface area contributed by atoms with E-state index in [1.807, 2.05) is 6.92 Å². The summed E-state index contributed by atoms with van der Waals surface area (Å²) in [6, 6.07) is 0. The van der Waals surface area contributed by atoms with Crippen molar-refractivity contribution in [2.45, 2.75) is 38.6 Å². The number of aliphatic hydroxyl groups excluding tert-OH is 1. The third kappa shape index (κ3) is 2.73. The third-order valence-electron chi connectivity index (χ3n) is 5.38. The maximum atomic E-state index is 12.3. The average Bonchev–Trinajstić information content (AvgIpc) is 3.15. The fourth-order valence-electron chi connectivity index (χ4n) is 4.11. The quantitative estimate of drug-likeness (QED) is 0.874. The van der Waals surface area contributed by atoms with Gasteiger partial charge in [-0.15, -0.1) is 0 Å². The molecule has 2 amide bonds. The molecular weight excluding hydrogens is 298 g/mol. The number of rotatable bonds is 2. The number of carbonyl (C=O) groups excluding carboxylic acids is 2. The van der Waals surface area contributed by atoms with Gasteiger partial charge in [0.1, 0.15) is 0 Å². The van der Waals surface area contributed by atoms with Crippen molar-refractivity contribution in [1.82, 2.24) is 14.8 Å². The lowest BCUT2D eigenvalue weighted by Gasteiger charge is -2.39. The van der Waals surface area contributed by atoms with Crippen LogP contribution in [0.2, 0.25) is 0 Å². The Morgan fingerprint density at radius 3 is 2.57 bits per heavy atom. The number of aliphatic hydroxyl groups is 1. The summed E-state index contributed by atoms with van der Waals surface area (Å²) in [4.78, 5) is 31.6. The zero-order valence-electron chi connectivity index (χ0n) is 13.6. The predicted molar refractivity (Wildman–Crippen MR) is 81.6 cm³/mol. The first-order valence-corrected chi connectivity index (χ1v) is 7.96. The number of amides is 2. The van der Waals surface area contributed by atoms with Crippen LogP contribution in [0.3, 0.4) is 0 Å². The molecule has 3 rings (SSSR count). The van der Waals surface area contributed by atoms with Gasteiger partial charge in [-0.05, 0) is 31.6 Å². The van der Waals surface area contributed by atoms with Gasteiger partial charge in [-0.25, -0.2) is 4.98 Å². The fourth-order valence-corrected chi connectivity index (χ4v) is 4.11. The van der Waals surface area contributed by atoms with E-state index in [0.29, 0.717) is 19.6 Å². The molecule has 2 aliphatic heterocycles. The average molecular weight is 321 g/mol. The topological polar surface area (TPSA) is 86.9 Å². The van der Waals surface area contributed by atoms with Crippen molar-refractivity contribution in [3.05, 3.63) is 18.4 Å². The molecule has 2 fully saturated rings. The van der Waals surface area contributed by atoms with Gasteiger partial charge in [0.25, 0.3) is 5.91 Å². The zero-order chi connectivity index (χ0) is 16.7. The lowest BCUT2D eigenvalue weighted by Crippen LogP contribution is -2.46. The van der Waals surface area contributed by atoms with Gasteiger partial charge in [0.2, 0.25) is 11.7 Å². The molecule has 1 N–H and O–H groups in total. The Bertz CT molecular complexity index is 592. The summed E-state index contributed by atoms with van der Waals surface area (Å²) >= 11 is 0. The minimum Gasteiger partial charge on any atom is -0.438 e. The van der Waals surface area contributed by atoms with Gasteiger partial charge >= 0.3 is 0 Å². The van der Waals surface area contributed by atoms with Crippen LogP contribution < -0.4 is 0 Å². The summed E-state index contributed by atoms with van der Waals surface area (Å²) < 4.78 is 5.08. The molecule has 0 unspecified atom stereocenters. The molecule has 3 heterocycles. The predicted octanol–water partition coefficient (Wildman–Crippen LogP) is 0.900. The molecule has 0 saturated carbocycles. The van der Waals surface area contributed by atoms with Gasteiger partial charge in [-0.1, -0.05) is 0 Å². The summed E-state index contributed by atoms with van der Waals surface area (Å²) in [7, 11) is 0. The molecule has 1 spiro atoms. The number of nitrogens with zero attached hydrogens (tertiary/aromatic N) is 3. The molecule has 0 radical (unpaired) electrons. The normalized spacial score (nSPS) is 26.7. The summed E-state index contributed by atoms with van der Waals surface area (Å²) in [6.45, 7) is 5.38. The van der Waals surface area contributed by atoms with E-state index in [4.69, 9.17) is 4.42 Å². The Morgan fingerprint density at radius 1 is 1.39 bits per heavy atom. The number of piperidine rings is 1. The number of aromatic nitrogens is 1. The second kappa shape index (κ2) is 5.63. The Morgan fingerprint density at radius 2 is 2.09 bits per heavy atom. The van der Waals surface area contributed by atoms with Crippen LogP contribution in [0.5, 0.6) is 0 Å². The van der Waals surface area contributed by atoms with E-state index in [1.54, 1.807) is 16.7 Å². The van der Waals surface area contributed by atoms with Gasteiger partial charge in [-0.3, -0.25) is 9.59 Å². The monoisotopic (exact) mass is 321 g/mol.